The SMILES string of the molecule is CC1CSCCN(C(=O)NCc2ccnc(OCC3CC3)c2)C1. The molecule has 1 saturated heterocycles. The Morgan fingerprint density at radius 2 is 2.39 bits per heavy atom. The maximum Gasteiger partial charge on any atom is 0.317 e. The van der Waals surface area contributed by atoms with E-state index in [1.807, 2.05) is 28.8 Å². The molecule has 1 unspecified atom stereocenters. The molecular weight excluding hydrogens is 310 g/mol. The van der Waals surface area contributed by atoms with Gasteiger partial charge in [-0.2, -0.15) is 11.8 Å². The fraction of sp³-hybridized carbons (Fsp3) is 0.647. The van der Waals surface area contributed by atoms with Gasteiger partial charge in [-0.25, -0.2) is 9.78 Å². The molecule has 126 valence electrons. The van der Waals surface area contributed by atoms with E-state index in [-0.39, 0.29) is 6.03 Å². The third kappa shape index (κ3) is 5.30. The predicted octanol–water partition coefficient (Wildman–Crippen LogP) is 2.76. The number of urea groups is 1. The van der Waals surface area contributed by atoms with Crippen molar-refractivity contribution in [3.63, 3.8) is 0 Å². The van der Waals surface area contributed by atoms with Gasteiger partial charge in [0, 0.05) is 37.7 Å². The molecule has 1 N–H and O–H groups in total. The van der Waals surface area contributed by atoms with Gasteiger partial charge < -0.3 is 15.0 Å². The van der Waals surface area contributed by atoms with Crippen LogP contribution in [0.15, 0.2) is 18.3 Å². The minimum Gasteiger partial charge on any atom is -0.477 e. The first-order valence-electron chi connectivity index (χ1n) is 8.39. The number of pyridine rings is 1. The molecule has 1 aromatic rings. The normalized spacial score (nSPS) is 21.6. The van der Waals surface area contributed by atoms with Gasteiger partial charge >= 0.3 is 6.03 Å². The van der Waals surface area contributed by atoms with E-state index >= 15 is 0 Å². The second kappa shape index (κ2) is 7.90. The van der Waals surface area contributed by atoms with Crippen LogP contribution < -0.4 is 10.1 Å². The molecule has 0 radical (unpaired) electrons. The van der Waals surface area contributed by atoms with Crippen molar-refractivity contribution in [2.45, 2.75) is 26.3 Å². The minimum atomic E-state index is 0.0246. The Morgan fingerprint density at radius 3 is 3.22 bits per heavy atom. The molecule has 2 amide bonds. The number of ether oxygens (including phenoxy) is 1. The quantitative estimate of drug-likeness (QED) is 0.899. The predicted molar refractivity (Wildman–Crippen MR) is 92.8 cm³/mol. The van der Waals surface area contributed by atoms with Crippen molar-refractivity contribution in [2.24, 2.45) is 11.8 Å². The second-order valence-corrected chi connectivity index (χ2v) is 7.69. The van der Waals surface area contributed by atoms with Crippen molar-refractivity contribution in [3.05, 3.63) is 23.9 Å². The van der Waals surface area contributed by atoms with Gasteiger partial charge in [0.05, 0.1) is 6.61 Å². The molecule has 3 rings (SSSR count). The van der Waals surface area contributed by atoms with E-state index in [1.54, 1.807) is 6.20 Å². The molecule has 2 heterocycles. The van der Waals surface area contributed by atoms with Crippen molar-refractivity contribution in [2.75, 3.05) is 31.2 Å². The van der Waals surface area contributed by atoms with Gasteiger partial charge in [0.2, 0.25) is 5.88 Å². The lowest BCUT2D eigenvalue weighted by atomic mass is 10.2. The Morgan fingerprint density at radius 1 is 1.52 bits per heavy atom. The topological polar surface area (TPSA) is 54.5 Å². The molecule has 6 heteroatoms. The molecule has 1 aliphatic carbocycles. The number of nitrogens with one attached hydrogen (secondary N) is 1. The van der Waals surface area contributed by atoms with Crippen LogP contribution in [0.4, 0.5) is 4.79 Å². The standard InChI is InChI=1S/C17H25N3O2S/c1-13-10-20(6-7-23-12-13)17(21)19-9-15-4-5-18-16(8-15)22-11-14-2-3-14/h4-5,8,13-14H,2-3,6-7,9-12H2,1H3,(H,19,21). The molecule has 1 aromatic heterocycles. The molecule has 2 fully saturated rings. The van der Waals surface area contributed by atoms with Gasteiger partial charge in [0.1, 0.15) is 0 Å². The van der Waals surface area contributed by atoms with E-state index in [0.717, 1.165) is 36.8 Å². The van der Waals surface area contributed by atoms with Crippen LogP contribution in [0.1, 0.15) is 25.3 Å². The number of amides is 2. The average Bonchev–Trinajstić information content (AvgIpc) is 3.39. The number of rotatable bonds is 5. The highest BCUT2D eigenvalue weighted by molar-refractivity contribution is 7.99. The molecule has 5 nitrogen and oxygen atoms in total. The van der Waals surface area contributed by atoms with E-state index in [1.165, 1.54) is 12.8 Å². The summed E-state index contributed by atoms with van der Waals surface area (Å²) in [7, 11) is 0. The molecule has 0 spiro atoms. The Kier molecular flexibility index (Phi) is 5.65. The van der Waals surface area contributed by atoms with Crippen LogP contribution in [0.25, 0.3) is 0 Å². The van der Waals surface area contributed by atoms with Gasteiger partial charge in [-0.3, -0.25) is 0 Å². The van der Waals surface area contributed by atoms with Crippen molar-refractivity contribution in [3.8, 4) is 5.88 Å². The smallest absolute Gasteiger partial charge is 0.317 e. The average molecular weight is 335 g/mol. The Labute approximate surface area is 142 Å². The highest BCUT2D eigenvalue weighted by Crippen LogP contribution is 2.29. The molecule has 1 aliphatic heterocycles. The maximum absolute atomic E-state index is 12.3. The molecule has 1 atom stereocenters. The van der Waals surface area contributed by atoms with Gasteiger partial charge in [-0.1, -0.05) is 6.92 Å². The summed E-state index contributed by atoms with van der Waals surface area (Å²) in [4.78, 5) is 18.5. The van der Waals surface area contributed by atoms with E-state index in [2.05, 4.69) is 17.2 Å². The Balaban J connectivity index is 1.48. The summed E-state index contributed by atoms with van der Waals surface area (Å²) in [5.41, 5.74) is 1.02. The van der Waals surface area contributed by atoms with Gasteiger partial charge in [0.15, 0.2) is 0 Å². The number of aromatic nitrogens is 1. The summed E-state index contributed by atoms with van der Waals surface area (Å²) >= 11 is 1.93. The third-order valence-corrected chi connectivity index (χ3v) is 5.41. The maximum atomic E-state index is 12.3. The van der Waals surface area contributed by atoms with E-state index < -0.39 is 0 Å². The first kappa shape index (κ1) is 16.4. The summed E-state index contributed by atoms with van der Waals surface area (Å²) < 4.78 is 5.69. The fourth-order valence-corrected chi connectivity index (χ4v) is 3.60. The first-order chi connectivity index (χ1) is 11.2. The van der Waals surface area contributed by atoms with Crippen LogP contribution >= 0.6 is 11.8 Å². The van der Waals surface area contributed by atoms with E-state index in [9.17, 15) is 4.79 Å². The van der Waals surface area contributed by atoms with Crippen molar-refractivity contribution < 1.29 is 9.53 Å². The number of carbonyl (C=O) groups is 1. The second-order valence-electron chi connectivity index (χ2n) is 6.54. The molecule has 1 saturated carbocycles. The zero-order valence-electron chi connectivity index (χ0n) is 13.7. The molecular formula is C17H25N3O2S. The number of hydrogen-bond donors (Lipinski definition) is 1. The van der Waals surface area contributed by atoms with Crippen molar-refractivity contribution >= 4 is 17.8 Å². The largest absolute Gasteiger partial charge is 0.477 e. The minimum absolute atomic E-state index is 0.0246. The summed E-state index contributed by atoms with van der Waals surface area (Å²) in [6.45, 7) is 5.13. The summed E-state index contributed by atoms with van der Waals surface area (Å²) in [5.74, 6) is 4.07. The van der Waals surface area contributed by atoms with Crippen LogP contribution in [-0.2, 0) is 6.54 Å². The fourth-order valence-electron chi connectivity index (χ4n) is 2.58. The lowest BCUT2D eigenvalue weighted by Crippen LogP contribution is -2.42. The Hall–Kier alpha value is -1.43. The summed E-state index contributed by atoms with van der Waals surface area (Å²) in [6.07, 6.45) is 4.28. The van der Waals surface area contributed by atoms with Crippen LogP contribution in [0.2, 0.25) is 0 Å². The number of hydrogen-bond acceptors (Lipinski definition) is 4. The van der Waals surface area contributed by atoms with Crippen LogP contribution in [0.3, 0.4) is 0 Å². The van der Waals surface area contributed by atoms with Gasteiger partial charge in [-0.15, -0.1) is 0 Å². The molecule has 0 aromatic carbocycles. The van der Waals surface area contributed by atoms with Gasteiger partial charge in [-0.05, 0) is 42.1 Å². The lowest BCUT2D eigenvalue weighted by molar-refractivity contribution is 0.195. The lowest BCUT2D eigenvalue weighted by Gasteiger charge is -2.22. The molecule has 23 heavy (non-hydrogen) atoms. The molecule has 0 bridgehead atoms. The monoisotopic (exact) mass is 335 g/mol. The number of carbonyl (C=O) groups excluding carboxylic acids is 1. The first-order valence-corrected chi connectivity index (χ1v) is 9.54. The highest BCUT2D eigenvalue weighted by Gasteiger charge is 2.22. The van der Waals surface area contributed by atoms with E-state index in [0.29, 0.717) is 24.3 Å². The number of thioether (sulfide) groups is 1. The van der Waals surface area contributed by atoms with E-state index in [4.69, 9.17) is 4.74 Å². The Bertz CT molecular complexity index is 536. The number of nitrogens with zero attached hydrogens (tertiary/aromatic N) is 2. The summed E-state index contributed by atoms with van der Waals surface area (Å²) in [5, 5.41) is 3.02. The van der Waals surface area contributed by atoms with Crippen LogP contribution in [0.5, 0.6) is 5.88 Å². The van der Waals surface area contributed by atoms with Crippen molar-refractivity contribution in [1.29, 1.82) is 0 Å². The zero-order chi connectivity index (χ0) is 16.1. The van der Waals surface area contributed by atoms with Crippen LogP contribution in [-0.4, -0.2) is 47.1 Å². The van der Waals surface area contributed by atoms with Gasteiger partial charge in [0.25, 0.3) is 0 Å². The summed E-state index contributed by atoms with van der Waals surface area (Å²) in [6, 6.07) is 3.87. The van der Waals surface area contributed by atoms with Crippen molar-refractivity contribution in [1.82, 2.24) is 15.2 Å². The van der Waals surface area contributed by atoms with Crippen LogP contribution in [0, 0.1) is 11.8 Å². The zero-order valence-corrected chi connectivity index (χ0v) is 14.5. The highest BCUT2D eigenvalue weighted by atomic mass is 32.2. The molecule has 2 aliphatic rings. The third-order valence-electron chi connectivity index (χ3n) is 4.13.